The van der Waals surface area contributed by atoms with Gasteiger partial charge in [0.25, 0.3) is 12.0 Å². The first-order chi connectivity index (χ1) is 8.97. The molecule has 20 heavy (non-hydrogen) atoms. The lowest BCUT2D eigenvalue weighted by Gasteiger charge is -2.27. The molecule has 0 amide bonds. The van der Waals surface area contributed by atoms with Crippen molar-refractivity contribution < 1.29 is 8.78 Å². The molecule has 0 radical (unpaired) electrons. The Morgan fingerprint density at radius 1 is 1.40 bits per heavy atom. The third-order valence-electron chi connectivity index (χ3n) is 3.45. The van der Waals surface area contributed by atoms with Gasteiger partial charge in [0.1, 0.15) is 5.82 Å². The zero-order valence-electron chi connectivity index (χ0n) is 11.2. The van der Waals surface area contributed by atoms with Gasteiger partial charge >= 0.3 is 0 Å². The van der Waals surface area contributed by atoms with Gasteiger partial charge in [-0.3, -0.25) is 4.79 Å². The molecule has 1 aromatic heterocycles. The van der Waals surface area contributed by atoms with Gasteiger partial charge in [-0.15, -0.1) is 12.4 Å². The highest BCUT2D eigenvalue weighted by molar-refractivity contribution is 5.85. The average Bonchev–Trinajstić information content (AvgIpc) is 2.36. The van der Waals surface area contributed by atoms with E-state index in [0.717, 1.165) is 36.4 Å². The van der Waals surface area contributed by atoms with E-state index in [2.05, 4.69) is 10.4 Å². The van der Waals surface area contributed by atoms with E-state index in [1.165, 1.54) is 7.05 Å². The van der Waals surface area contributed by atoms with Crippen molar-refractivity contribution in [1.29, 1.82) is 0 Å². The van der Waals surface area contributed by atoms with Crippen molar-refractivity contribution in [2.75, 3.05) is 5.32 Å². The second-order valence-electron chi connectivity index (χ2n) is 4.97. The van der Waals surface area contributed by atoms with E-state index in [1.807, 2.05) is 0 Å². The molecular formula is C12H19ClF2N4O. The van der Waals surface area contributed by atoms with Gasteiger partial charge in [-0.2, -0.15) is 5.10 Å². The van der Waals surface area contributed by atoms with E-state index in [4.69, 9.17) is 5.73 Å². The van der Waals surface area contributed by atoms with Gasteiger partial charge < -0.3 is 11.1 Å². The maximum atomic E-state index is 12.7. The van der Waals surface area contributed by atoms with Gasteiger partial charge in [0.15, 0.2) is 0 Å². The molecule has 2 rings (SSSR count). The third-order valence-corrected chi connectivity index (χ3v) is 3.45. The van der Waals surface area contributed by atoms with E-state index in [9.17, 15) is 13.6 Å². The van der Waals surface area contributed by atoms with Crippen molar-refractivity contribution in [3.63, 3.8) is 0 Å². The van der Waals surface area contributed by atoms with Crippen LogP contribution in [-0.4, -0.2) is 21.9 Å². The summed E-state index contributed by atoms with van der Waals surface area (Å²) in [5, 5.41) is 7.06. The second kappa shape index (κ2) is 6.99. The highest BCUT2D eigenvalue weighted by Crippen LogP contribution is 2.22. The lowest BCUT2D eigenvalue weighted by Crippen LogP contribution is -2.34. The number of hydrogen-bond acceptors (Lipinski definition) is 4. The summed E-state index contributed by atoms with van der Waals surface area (Å²) in [5.41, 5.74) is 4.53. The summed E-state index contributed by atoms with van der Waals surface area (Å²) in [6.45, 7) is 0. The van der Waals surface area contributed by atoms with Crippen LogP contribution < -0.4 is 16.6 Å². The number of aromatic nitrogens is 2. The van der Waals surface area contributed by atoms with Crippen LogP contribution in [0.15, 0.2) is 10.9 Å². The molecule has 8 heteroatoms. The lowest BCUT2D eigenvalue weighted by atomic mass is 9.92. The number of aryl methyl sites for hydroxylation is 1. The summed E-state index contributed by atoms with van der Waals surface area (Å²) in [5.74, 6) is 0.317. The highest BCUT2D eigenvalue weighted by Gasteiger charge is 2.20. The predicted octanol–water partition coefficient (Wildman–Crippen LogP) is 1.82. The fraction of sp³-hybridized carbons (Fsp3) is 0.667. The molecule has 1 heterocycles. The quantitative estimate of drug-likeness (QED) is 0.893. The monoisotopic (exact) mass is 308 g/mol. The number of rotatable bonds is 3. The third kappa shape index (κ3) is 3.89. The molecule has 114 valence electrons. The van der Waals surface area contributed by atoms with Crippen molar-refractivity contribution in [3.05, 3.63) is 22.0 Å². The Bertz CT molecular complexity index is 501. The van der Waals surface area contributed by atoms with Gasteiger partial charge in [0, 0.05) is 19.1 Å². The zero-order chi connectivity index (χ0) is 14.0. The summed E-state index contributed by atoms with van der Waals surface area (Å²) in [6.07, 6.45) is 0.795. The Hall–Kier alpha value is -1.21. The number of nitrogens with two attached hydrogens (primary N) is 1. The average molecular weight is 309 g/mol. The molecule has 0 spiro atoms. The smallest absolute Gasteiger partial charge is 0.275 e. The molecule has 1 aromatic rings. The number of hydrogen-bond donors (Lipinski definition) is 2. The van der Waals surface area contributed by atoms with Gasteiger partial charge in [0.05, 0.1) is 5.56 Å². The van der Waals surface area contributed by atoms with E-state index < -0.39 is 17.5 Å². The SMILES string of the molecule is Cl.Cn1nc(NC2CCC(N)CC2)cc(C(F)F)c1=O. The second-order valence-corrected chi connectivity index (χ2v) is 4.97. The number of nitrogens with one attached hydrogen (secondary N) is 1. The Labute approximate surface area is 121 Å². The minimum absolute atomic E-state index is 0. The van der Waals surface area contributed by atoms with Crippen molar-refractivity contribution in [2.45, 2.75) is 44.2 Å². The molecule has 1 aliphatic rings. The molecular weight excluding hydrogens is 290 g/mol. The van der Waals surface area contributed by atoms with Crippen LogP contribution in [0, 0.1) is 0 Å². The number of nitrogens with zero attached hydrogens (tertiary/aromatic N) is 2. The summed E-state index contributed by atoms with van der Waals surface area (Å²) >= 11 is 0. The van der Waals surface area contributed by atoms with Gasteiger partial charge in [0.2, 0.25) is 0 Å². The molecule has 0 saturated heterocycles. The maximum Gasteiger partial charge on any atom is 0.275 e. The normalized spacial score (nSPS) is 22.4. The molecule has 0 unspecified atom stereocenters. The topological polar surface area (TPSA) is 72.9 Å². The van der Waals surface area contributed by atoms with Crippen LogP contribution in [0.2, 0.25) is 0 Å². The largest absolute Gasteiger partial charge is 0.366 e. The Morgan fingerprint density at radius 3 is 2.55 bits per heavy atom. The Kier molecular flexibility index (Phi) is 5.88. The van der Waals surface area contributed by atoms with Crippen LogP contribution in [0.5, 0.6) is 0 Å². The summed E-state index contributed by atoms with van der Waals surface area (Å²) < 4.78 is 26.4. The first kappa shape index (κ1) is 16.8. The molecule has 0 bridgehead atoms. The molecule has 1 saturated carbocycles. The van der Waals surface area contributed by atoms with Crippen LogP contribution in [0.4, 0.5) is 14.6 Å². The van der Waals surface area contributed by atoms with Crippen LogP contribution in [-0.2, 0) is 7.05 Å². The minimum atomic E-state index is -2.79. The molecule has 3 N–H and O–H groups in total. The molecule has 5 nitrogen and oxygen atoms in total. The number of anilines is 1. The van der Waals surface area contributed by atoms with E-state index in [0.29, 0.717) is 5.82 Å². The van der Waals surface area contributed by atoms with Crippen LogP contribution in [0.3, 0.4) is 0 Å². The predicted molar refractivity (Wildman–Crippen MR) is 75.5 cm³/mol. The Morgan fingerprint density at radius 2 is 2.00 bits per heavy atom. The minimum Gasteiger partial charge on any atom is -0.366 e. The molecule has 0 aromatic carbocycles. The van der Waals surface area contributed by atoms with E-state index >= 15 is 0 Å². The number of halogens is 3. The molecule has 0 atom stereocenters. The van der Waals surface area contributed by atoms with E-state index in [-0.39, 0.29) is 24.5 Å². The van der Waals surface area contributed by atoms with E-state index in [1.54, 1.807) is 0 Å². The van der Waals surface area contributed by atoms with Crippen molar-refractivity contribution in [3.8, 4) is 0 Å². The highest BCUT2D eigenvalue weighted by atomic mass is 35.5. The first-order valence-corrected chi connectivity index (χ1v) is 6.36. The van der Waals surface area contributed by atoms with Crippen LogP contribution in [0.1, 0.15) is 37.7 Å². The summed E-state index contributed by atoms with van der Waals surface area (Å²) in [4.78, 5) is 11.5. The molecule has 1 fully saturated rings. The number of alkyl halides is 2. The van der Waals surface area contributed by atoms with Crippen molar-refractivity contribution in [1.82, 2.24) is 9.78 Å². The lowest BCUT2D eigenvalue weighted by molar-refractivity contribution is 0.148. The zero-order valence-corrected chi connectivity index (χ0v) is 12.0. The van der Waals surface area contributed by atoms with Crippen LogP contribution >= 0.6 is 12.4 Å². The van der Waals surface area contributed by atoms with Crippen molar-refractivity contribution >= 4 is 18.2 Å². The maximum absolute atomic E-state index is 12.7. The van der Waals surface area contributed by atoms with Crippen molar-refractivity contribution in [2.24, 2.45) is 12.8 Å². The summed E-state index contributed by atoms with van der Waals surface area (Å²) in [6, 6.07) is 1.54. The standard InChI is InChI=1S/C12H18F2N4O.ClH/c1-18-12(19)9(11(13)14)6-10(17-18)16-8-4-2-7(15)3-5-8;/h6-8,11H,2-5,15H2,1H3,(H,16,17);1H. The first-order valence-electron chi connectivity index (χ1n) is 6.36. The van der Waals surface area contributed by atoms with Crippen LogP contribution in [0.25, 0.3) is 0 Å². The molecule has 0 aliphatic heterocycles. The fourth-order valence-electron chi connectivity index (χ4n) is 2.33. The molecule has 1 aliphatic carbocycles. The Balaban J connectivity index is 0.00000200. The fourth-order valence-corrected chi connectivity index (χ4v) is 2.33. The summed E-state index contributed by atoms with van der Waals surface area (Å²) in [7, 11) is 1.37. The van der Waals surface area contributed by atoms with Gasteiger partial charge in [-0.1, -0.05) is 0 Å². The van der Waals surface area contributed by atoms with Gasteiger partial charge in [-0.25, -0.2) is 13.5 Å². The van der Waals surface area contributed by atoms with Gasteiger partial charge in [-0.05, 0) is 31.7 Å².